The highest BCUT2D eigenvalue weighted by Crippen LogP contribution is 2.47. The zero-order valence-electron chi connectivity index (χ0n) is 22.7. The number of aromatic nitrogens is 5. The van der Waals surface area contributed by atoms with Crippen LogP contribution in [0.2, 0.25) is 5.02 Å². The standard InChI is InChI=1S/C29H22ClF4N7O3/c1-28(15-5-6-17(30)20(42)11-15)22-24(36-12-21(43)29(32,33)34)38-23(39-25(22)40-27(28)44)19-13-41-8-7-35-26(41)18(37-19)10-14-3-2-4-16(31)9-14/h2-9,11,13,21,42-43H,10,12H2,1H3,(H2,36,38,39,40,44)/t21?,28-/m0/s1. The lowest BCUT2D eigenvalue weighted by molar-refractivity contribution is -0.198. The van der Waals surface area contributed by atoms with E-state index in [1.54, 1.807) is 28.9 Å². The van der Waals surface area contributed by atoms with Crippen molar-refractivity contribution in [1.29, 1.82) is 0 Å². The molecular formula is C29H22ClF4N7O3. The molecule has 5 aromatic rings. The van der Waals surface area contributed by atoms with Crippen LogP contribution in [0.1, 0.15) is 29.3 Å². The maximum absolute atomic E-state index is 13.9. The third kappa shape index (κ3) is 5.15. The second-order valence-electron chi connectivity index (χ2n) is 10.3. The van der Waals surface area contributed by atoms with E-state index < -0.39 is 36.0 Å². The summed E-state index contributed by atoms with van der Waals surface area (Å²) in [6.45, 7) is 0.513. The van der Waals surface area contributed by atoms with Crippen LogP contribution in [-0.4, -0.2) is 59.3 Å². The fourth-order valence-corrected chi connectivity index (χ4v) is 5.20. The van der Waals surface area contributed by atoms with Gasteiger partial charge < -0.3 is 25.2 Å². The van der Waals surface area contributed by atoms with E-state index in [4.69, 9.17) is 11.6 Å². The van der Waals surface area contributed by atoms with Gasteiger partial charge in [0.2, 0.25) is 5.91 Å². The van der Waals surface area contributed by atoms with E-state index >= 15 is 0 Å². The van der Waals surface area contributed by atoms with Gasteiger partial charge >= 0.3 is 6.18 Å². The van der Waals surface area contributed by atoms with Crippen molar-refractivity contribution in [3.8, 4) is 17.3 Å². The van der Waals surface area contributed by atoms with Crippen molar-refractivity contribution >= 4 is 34.8 Å². The van der Waals surface area contributed by atoms with Crippen LogP contribution in [0.5, 0.6) is 5.75 Å². The second-order valence-corrected chi connectivity index (χ2v) is 10.7. The molecule has 0 radical (unpaired) electrons. The minimum absolute atomic E-state index is 0.0138. The Morgan fingerprint density at radius 1 is 1.16 bits per heavy atom. The van der Waals surface area contributed by atoms with Gasteiger partial charge in [0.25, 0.3) is 0 Å². The Balaban J connectivity index is 1.50. The minimum Gasteiger partial charge on any atom is -0.506 e. The molecule has 1 aliphatic rings. The highest BCUT2D eigenvalue weighted by Gasteiger charge is 2.48. The summed E-state index contributed by atoms with van der Waals surface area (Å²) in [5, 5.41) is 25.2. The Morgan fingerprint density at radius 3 is 2.68 bits per heavy atom. The van der Waals surface area contributed by atoms with Gasteiger partial charge in [-0.25, -0.2) is 24.3 Å². The number of carbonyl (C=O) groups is 1. The lowest BCUT2D eigenvalue weighted by Crippen LogP contribution is -2.36. The van der Waals surface area contributed by atoms with Gasteiger partial charge in [-0.1, -0.05) is 29.8 Å². The number of aromatic hydroxyl groups is 1. The normalized spacial score (nSPS) is 17.0. The number of phenolic OH excluding ortho intramolecular Hbond substituents is 1. The molecular weight excluding hydrogens is 606 g/mol. The highest BCUT2D eigenvalue weighted by atomic mass is 35.5. The summed E-state index contributed by atoms with van der Waals surface area (Å²) < 4.78 is 55.2. The third-order valence-electron chi connectivity index (χ3n) is 7.39. The number of rotatable bonds is 7. The fourth-order valence-electron chi connectivity index (χ4n) is 5.08. The van der Waals surface area contributed by atoms with E-state index in [1.807, 2.05) is 0 Å². The predicted octanol–water partition coefficient (Wildman–Crippen LogP) is 4.87. The predicted molar refractivity (Wildman–Crippen MR) is 152 cm³/mol. The lowest BCUT2D eigenvalue weighted by Gasteiger charge is -2.25. The molecule has 2 atom stereocenters. The average Bonchev–Trinajstić information content (AvgIpc) is 3.55. The number of hydrogen-bond acceptors (Lipinski definition) is 8. The first-order chi connectivity index (χ1) is 20.8. The summed E-state index contributed by atoms with van der Waals surface area (Å²) in [4.78, 5) is 31.4. The largest absolute Gasteiger partial charge is 0.506 e. The van der Waals surface area contributed by atoms with Crippen molar-refractivity contribution < 1.29 is 32.6 Å². The molecule has 10 nitrogen and oxygen atoms in total. The molecule has 2 aromatic carbocycles. The maximum Gasteiger partial charge on any atom is 0.416 e. The SMILES string of the molecule is C[C@@]1(c2ccc(Cl)c(O)c2)C(=O)Nc2nc(-c3cn4ccnc4c(Cc4cccc(F)c4)n3)nc(NCC(O)C(F)(F)F)c21. The van der Waals surface area contributed by atoms with Gasteiger partial charge in [0.15, 0.2) is 17.6 Å². The number of alkyl halides is 3. The summed E-state index contributed by atoms with van der Waals surface area (Å²) in [6, 6.07) is 10.1. The zero-order valence-corrected chi connectivity index (χ0v) is 23.4. The molecule has 0 saturated carbocycles. The van der Waals surface area contributed by atoms with Crippen molar-refractivity contribution in [3.63, 3.8) is 0 Å². The number of halogens is 5. The Hall–Kier alpha value is -4.82. The molecule has 1 amide bonds. The van der Waals surface area contributed by atoms with E-state index in [9.17, 15) is 32.6 Å². The first kappa shape index (κ1) is 29.3. The topological polar surface area (TPSA) is 138 Å². The van der Waals surface area contributed by atoms with Crippen LogP contribution >= 0.6 is 11.6 Å². The van der Waals surface area contributed by atoms with Crippen LogP contribution < -0.4 is 10.6 Å². The van der Waals surface area contributed by atoms with Crippen molar-refractivity contribution in [1.82, 2.24) is 24.3 Å². The molecule has 4 heterocycles. The zero-order chi connectivity index (χ0) is 31.4. The second kappa shape index (κ2) is 10.7. The monoisotopic (exact) mass is 627 g/mol. The summed E-state index contributed by atoms with van der Waals surface area (Å²) in [5.74, 6) is -1.58. The molecule has 1 aliphatic heterocycles. The molecule has 0 fully saturated rings. The first-order valence-electron chi connectivity index (χ1n) is 13.1. The highest BCUT2D eigenvalue weighted by molar-refractivity contribution is 6.32. The fraction of sp³-hybridized carbons (Fsp3) is 0.207. The van der Waals surface area contributed by atoms with Crippen LogP contribution in [0.15, 0.2) is 61.1 Å². The summed E-state index contributed by atoms with van der Waals surface area (Å²) in [7, 11) is 0. The molecule has 0 bridgehead atoms. The number of benzene rings is 2. The molecule has 15 heteroatoms. The van der Waals surface area contributed by atoms with Gasteiger partial charge in [0, 0.05) is 25.0 Å². The number of aliphatic hydroxyl groups excluding tert-OH is 1. The Kier molecular flexibility index (Phi) is 7.13. The quantitative estimate of drug-likeness (QED) is 0.188. The molecule has 0 saturated heterocycles. The van der Waals surface area contributed by atoms with Gasteiger partial charge in [0.05, 0.1) is 22.8 Å². The number of phenols is 1. The molecule has 0 aliphatic carbocycles. The van der Waals surface area contributed by atoms with Crippen molar-refractivity contribution in [2.24, 2.45) is 0 Å². The summed E-state index contributed by atoms with van der Waals surface area (Å²) in [6.07, 6.45) is -2.74. The van der Waals surface area contributed by atoms with Crippen LogP contribution in [0.4, 0.5) is 29.2 Å². The molecule has 0 spiro atoms. The molecule has 1 unspecified atom stereocenters. The van der Waals surface area contributed by atoms with E-state index in [2.05, 4.69) is 30.6 Å². The smallest absolute Gasteiger partial charge is 0.416 e. The molecule has 3 aromatic heterocycles. The number of aliphatic hydroxyl groups is 1. The van der Waals surface area contributed by atoms with Gasteiger partial charge in [-0.3, -0.25) is 4.79 Å². The Labute approximate surface area is 251 Å². The van der Waals surface area contributed by atoms with Gasteiger partial charge in [-0.05, 0) is 42.3 Å². The van der Waals surface area contributed by atoms with Gasteiger partial charge in [0.1, 0.15) is 34.3 Å². The number of imidazole rings is 1. The summed E-state index contributed by atoms with van der Waals surface area (Å²) in [5.41, 5.74) is 0.492. The Bertz CT molecular complexity index is 1930. The summed E-state index contributed by atoms with van der Waals surface area (Å²) >= 11 is 5.97. The maximum atomic E-state index is 13.9. The number of anilines is 2. The van der Waals surface area contributed by atoms with E-state index in [0.717, 1.165) is 0 Å². The van der Waals surface area contributed by atoms with Crippen LogP contribution in [-0.2, 0) is 16.6 Å². The molecule has 6 rings (SSSR count). The average molecular weight is 628 g/mol. The minimum atomic E-state index is -4.93. The van der Waals surface area contributed by atoms with Crippen molar-refractivity contribution in [2.75, 3.05) is 17.2 Å². The van der Waals surface area contributed by atoms with Crippen LogP contribution in [0, 0.1) is 5.82 Å². The van der Waals surface area contributed by atoms with E-state index in [1.165, 1.54) is 43.5 Å². The van der Waals surface area contributed by atoms with Crippen LogP contribution in [0.25, 0.3) is 17.2 Å². The van der Waals surface area contributed by atoms with Gasteiger partial charge in [-0.2, -0.15) is 13.2 Å². The third-order valence-corrected chi connectivity index (χ3v) is 7.71. The van der Waals surface area contributed by atoms with Crippen molar-refractivity contribution in [2.45, 2.75) is 31.0 Å². The van der Waals surface area contributed by atoms with Crippen molar-refractivity contribution in [3.05, 3.63) is 94.3 Å². The number of nitrogens with zero attached hydrogens (tertiary/aromatic N) is 5. The number of amides is 1. The number of carbonyl (C=O) groups excluding carboxylic acids is 1. The molecule has 226 valence electrons. The van der Waals surface area contributed by atoms with Crippen LogP contribution in [0.3, 0.4) is 0 Å². The Morgan fingerprint density at radius 2 is 1.95 bits per heavy atom. The van der Waals surface area contributed by atoms with E-state index in [0.29, 0.717) is 16.9 Å². The number of hydrogen-bond donors (Lipinski definition) is 4. The number of nitrogens with one attached hydrogen (secondary N) is 2. The lowest BCUT2D eigenvalue weighted by atomic mass is 9.77. The number of fused-ring (bicyclic) bond motifs is 2. The van der Waals surface area contributed by atoms with E-state index in [-0.39, 0.29) is 51.5 Å². The molecule has 44 heavy (non-hydrogen) atoms. The molecule has 4 N–H and O–H groups in total. The first-order valence-corrected chi connectivity index (χ1v) is 13.5. The van der Waals surface area contributed by atoms with Gasteiger partial charge in [-0.15, -0.1) is 0 Å².